The van der Waals surface area contributed by atoms with Crippen LogP contribution in [0.2, 0.25) is 0 Å². The van der Waals surface area contributed by atoms with Crippen molar-refractivity contribution in [1.29, 1.82) is 0 Å². The summed E-state index contributed by atoms with van der Waals surface area (Å²) in [7, 11) is 3.45. The second kappa shape index (κ2) is 9.11. The summed E-state index contributed by atoms with van der Waals surface area (Å²) in [6.07, 6.45) is 8.33. The molecule has 0 unspecified atom stereocenters. The van der Waals surface area contributed by atoms with E-state index in [1.54, 1.807) is 19.0 Å². The van der Waals surface area contributed by atoms with Crippen LogP contribution in [-0.4, -0.2) is 37.5 Å². The molecule has 0 aromatic heterocycles. The first-order valence-electron chi connectivity index (χ1n) is 8.57. The number of para-hydroxylation sites is 1. The number of carbonyl (C=O) groups is 2. The summed E-state index contributed by atoms with van der Waals surface area (Å²) in [4.78, 5) is 25.5. The van der Waals surface area contributed by atoms with Gasteiger partial charge in [-0.3, -0.25) is 4.79 Å². The third kappa shape index (κ3) is 5.72. The molecule has 1 aliphatic rings. The molecule has 24 heavy (non-hydrogen) atoms. The smallest absolute Gasteiger partial charge is 0.319 e. The number of hydrogen-bond donors (Lipinski definition) is 2. The Balaban J connectivity index is 1.84. The fourth-order valence-corrected chi connectivity index (χ4v) is 2.75. The van der Waals surface area contributed by atoms with Gasteiger partial charge < -0.3 is 15.5 Å². The molecule has 1 aromatic carbocycles. The number of nitrogens with one attached hydrogen (secondary N) is 2. The second-order valence-corrected chi connectivity index (χ2v) is 6.36. The van der Waals surface area contributed by atoms with Crippen molar-refractivity contribution < 1.29 is 9.59 Å². The van der Waals surface area contributed by atoms with Gasteiger partial charge in [-0.25, -0.2) is 4.79 Å². The lowest BCUT2D eigenvalue weighted by Crippen LogP contribution is -2.30. The molecule has 2 rings (SSSR count). The van der Waals surface area contributed by atoms with Crippen molar-refractivity contribution in [2.24, 2.45) is 0 Å². The molecule has 3 amide bonds. The Morgan fingerprint density at radius 3 is 2.67 bits per heavy atom. The number of nitrogens with zero attached hydrogens (tertiary/aromatic N) is 1. The Labute approximate surface area is 144 Å². The van der Waals surface area contributed by atoms with Crippen LogP contribution in [0.4, 0.5) is 10.5 Å². The molecule has 2 N–H and O–H groups in total. The number of rotatable bonds is 6. The van der Waals surface area contributed by atoms with E-state index >= 15 is 0 Å². The molecular weight excluding hydrogens is 302 g/mol. The molecule has 0 aliphatic heterocycles. The van der Waals surface area contributed by atoms with Crippen LogP contribution in [0.15, 0.2) is 35.9 Å². The van der Waals surface area contributed by atoms with Crippen molar-refractivity contribution in [2.75, 3.05) is 26.0 Å². The van der Waals surface area contributed by atoms with Crippen LogP contribution in [0.25, 0.3) is 0 Å². The maximum Gasteiger partial charge on any atom is 0.319 e. The van der Waals surface area contributed by atoms with Gasteiger partial charge in [0, 0.05) is 26.3 Å². The minimum absolute atomic E-state index is 0.00824. The summed E-state index contributed by atoms with van der Waals surface area (Å²) in [6.45, 7) is 0.635. The number of hydrogen-bond acceptors (Lipinski definition) is 2. The van der Waals surface area contributed by atoms with E-state index < -0.39 is 0 Å². The average Bonchev–Trinajstić information content (AvgIpc) is 2.57. The SMILES string of the molecule is CN(C)C(=O)Cc1ccccc1NC(=O)NCCC1=CCCCC1. The van der Waals surface area contributed by atoms with Crippen LogP contribution in [0.5, 0.6) is 0 Å². The van der Waals surface area contributed by atoms with Crippen LogP contribution in [-0.2, 0) is 11.2 Å². The first-order chi connectivity index (χ1) is 11.6. The molecule has 0 saturated carbocycles. The normalized spacial score (nSPS) is 13.8. The average molecular weight is 329 g/mol. The number of amides is 3. The molecule has 1 aliphatic carbocycles. The van der Waals surface area contributed by atoms with E-state index in [1.807, 2.05) is 24.3 Å². The summed E-state index contributed by atoms with van der Waals surface area (Å²) in [5, 5.41) is 5.75. The van der Waals surface area contributed by atoms with Crippen LogP contribution in [0.3, 0.4) is 0 Å². The van der Waals surface area contributed by atoms with E-state index in [0.29, 0.717) is 12.2 Å². The molecule has 5 heteroatoms. The van der Waals surface area contributed by atoms with Crippen LogP contribution < -0.4 is 10.6 Å². The Hall–Kier alpha value is -2.30. The summed E-state index contributed by atoms with van der Waals surface area (Å²) < 4.78 is 0. The molecule has 130 valence electrons. The lowest BCUT2D eigenvalue weighted by atomic mass is 9.97. The maximum absolute atomic E-state index is 12.1. The zero-order valence-corrected chi connectivity index (χ0v) is 14.6. The minimum Gasteiger partial charge on any atom is -0.349 e. The predicted octanol–water partition coefficient (Wildman–Crippen LogP) is 3.33. The molecule has 1 aromatic rings. The maximum atomic E-state index is 12.1. The largest absolute Gasteiger partial charge is 0.349 e. The van der Waals surface area contributed by atoms with E-state index in [0.717, 1.165) is 24.8 Å². The highest BCUT2D eigenvalue weighted by molar-refractivity contribution is 5.91. The lowest BCUT2D eigenvalue weighted by Gasteiger charge is -2.15. The first-order valence-corrected chi connectivity index (χ1v) is 8.57. The zero-order chi connectivity index (χ0) is 17.4. The summed E-state index contributed by atoms with van der Waals surface area (Å²) in [5.41, 5.74) is 2.95. The van der Waals surface area contributed by atoms with Crippen molar-refractivity contribution in [3.05, 3.63) is 41.5 Å². The van der Waals surface area contributed by atoms with E-state index in [4.69, 9.17) is 0 Å². The molecule has 0 atom stereocenters. The topological polar surface area (TPSA) is 61.4 Å². The highest BCUT2D eigenvalue weighted by Gasteiger charge is 2.11. The van der Waals surface area contributed by atoms with Crippen molar-refractivity contribution in [2.45, 2.75) is 38.5 Å². The number of benzene rings is 1. The third-order valence-electron chi connectivity index (χ3n) is 4.22. The first kappa shape index (κ1) is 18.0. The van der Waals surface area contributed by atoms with Gasteiger partial charge in [-0.1, -0.05) is 29.8 Å². The number of likely N-dealkylation sites (N-methyl/N-ethyl adjacent to an activating group) is 1. The standard InChI is InChI=1S/C19H27N3O2/c1-22(2)18(23)14-16-10-6-7-11-17(16)21-19(24)20-13-12-15-8-4-3-5-9-15/h6-8,10-11H,3-5,9,12-14H2,1-2H3,(H2,20,21,24). The quantitative estimate of drug-likeness (QED) is 0.786. The Kier molecular flexibility index (Phi) is 6.85. The zero-order valence-electron chi connectivity index (χ0n) is 14.6. The minimum atomic E-state index is -0.226. The van der Waals surface area contributed by atoms with E-state index in [9.17, 15) is 9.59 Å². The van der Waals surface area contributed by atoms with Crippen molar-refractivity contribution in [3.8, 4) is 0 Å². The van der Waals surface area contributed by atoms with Crippen molar-refractivity contribution >= 4 is 17.6 Å². The molecule has 0 spiro atoms. The predicted molar refractivity (Wildman–Crippen MR) is 97.0 cm³/mol. The molecule has 5 nitrogen and oxygen atoms in total. The molecule has 0 saturated heterocycles. The fourth-order valence-electron chi connectivity index (χ4n) is 2.75. The molecule has 0 radical (unpaired) electrons. The third-order valence-corrected chi connectivity index (χ3v) is 4.22. The summed E-state index contributed by atoms with van der Waals surface area (Å²) in [5.74, 6) is 0.00824. The molecule has 0 bridgehead atoms. The molecule has 0 fully saturated rings. The van der Waals surface area contributed by atoms with Crippen molar-refractivity contribution in [1.82, 2.24) is 10.2 Å². The van der Waals surface area contributed by atoms with Gasteiger partial charge in [0.15, 0.2) is 0 Å². The van der Waals surface area contributed by atoms with E-state index in [2.05, 4.69) is 16.7 Å². The second-order valence-electron chi connectivity index (χ2n) is 6.36. The van der Waals surface area contributed by atoms with E-state index in [1.165, 1.54) is 18.4 Å². The highest BCUT2D eigenvalue weighted by atomic mass is 16.2. The van der Waals surface area contributed by atoms with Crippen molar-refractivity contribution in [3.63, 3.8) is 0 Å². The van der Waals surface area contributed by atoms with Gasteiger partial charge in [0.05, 0.1) is 6.42 Å². The van der Waals surface area contributed by atoms with Gasteiger partial charge in [0.1, 0.15) is 0 Å². The van der Waals surface area contributed by atoms with Gasteiger partial charge in [-0.05, 0) is 43.7 Å². The molecular formula is C19H27N3O2. The summed E-state index contributed by atoms with van der Waals surface area (Å²) in [6, 6.07) is 7.19. The fraction of sp³-hybridized carbons (Fsp3) is 0.474. The van der Waals surface area contributed by atoms with Gasteiger partial charge >= 0.3 is 6.03 Å². The van der Waals surface area contributed by atoms with Crippen LogP contribution >= 0.6 is 0 Å². The van der Waals surface area contributed by atoms with Crippen LogP contribution in [0, 0.1) is 0 Å². The number of carbonyl (C=O) groups excluding carboxylic acids is 2. The highest BCUT2D eigenvalue weighted by Crippen LogP contribution is 2.19. The number of allylic oxidation sites excluding steroid dienone is 1. The van der Waals surface area contributed by atoms with Gasteiger partial charge in [-0.2, -0.15) is 0 Å². The number of urea groups is 1. The number of anilines is 1. The van der Waals surface area contributed by atoms with Crippen LogP contribution in [0.1, 0.15) is 37.7 Å². The Morgan fingerprint density at radius 2 is 1.96 bits per heavy atom. The Morgan fingerprint density at radius 1 is 1.17 bits per heavy atom. The lowest BCUT2D eigenvalue weighted by molar-refractivity contribution is -0.127. The molecule has 0 heterocycles. The van der Waals surface area contributed by atoms with Gasteiger partial charge in [0.25, 0.3) is 0 Å². The Bertz CT molecular complexity index is 608. The van der Waals surface area contributed by atoms with Gasteiger partial charge in [-0.15, -0.1) is 0 Å². The summed E-state index contributed by atoms with van der Waals surface area (Å²) >= 11 is 0. The van der Waals surface area contributed by atoms with Gasteiger partial charge in [0.2, 0.25) is 5.91 Å². The monoisotopic (exact) mass is 329 g/mol. The van der Waals surface area contributed by atoms with E-state index in [-0.39, 0.29) is 18.4 Å².